The minimum Gasteiger partial charge on any atom is -0.368 e. The number of aldehydes is 1. The van der Waals surface area contributed by atoms with Gasteiger partial charge in [-0.05, 0) is 24.8 Å². The molecule has 0 bridgehead atoms. The fourth-order valence-electron chi connectivity index (χ4n) is 2.51. The average Bonchev–Trinajstić information content (AvgIpc) is 2.83. The largest absolute Gasteiger partial charge is 0.368 e. The van der Waals surface area contributed by atoms with Crippen molar-refractivity contribution < 1.29 is 4.79 Å². The molecule has 1 aromatic heterocycles. The minimum atomic E-state index is 0.652. The molecule has 1 saturated heterocycles. The van der Waals surface area contributed by atoms with Crippen LogP contribution in [-0.4, -0.2) is 18.9 Å². The first-order chi connectivity index (χ1) is 7.26. The van der Waals surface area contributed by atoms with E-state index in [4.69, 9.17) is 0 Å². The van der Waals surface area contributed by atoms with E-state index in [0.29, 0.717) is 6.04 Å². The summed E-state index contributed by atoms with van der Waals surface area (Å²) in [6.45, 7) is 5.70. The molecule has 2 atom stereocenters. The predicted octanol–water partition coefficient (Wildman–Crippen LogP) is 3.19. The van der Waals surface area contributed by atoms with Gasteiger partial charge in [-0.2, -0.15) is 0 Å². The minimum absolute atomic E-state index is 0.652. The van der Waals surface area contributed by atoms with E-state index >= 15 is 0 Å². The summed E-state index contributed by atoms with van der Waals surface area (Å²) < 4.78 is 0. The molecule has 1 fully saturated rings. The second-order valence-corrected chi connectivity index (χ2v) is 5.20. The number of rotatable bonds is 3. The first-order valence-corrected chi connectivity index (χ1v) is 6.44. The molecule has 0 aromatic carbocycles. The van der Waals surface area contributed by atoms with Gasteiger partial charge in [0, 0.05) is 23.7 Å². The van der Waals surface area contributed by atoms with Crippen LogP contribution in [0, 0.1) is 5.92 Å². The van der Waals surface area contributed by atoms with Crippen LogP contribution in [0.25, 0.3) is 0 Å². The van der Waals surface area contributed by atoms with E-state index in [1.807, 2.05) is 6.07 Å². The number of hydrogen-bond donors (Lipinski definition) is 0. The van der Waals surface area contributed by atoms with Gasteiger partial charge in [-0.3, -0.25) is 4.79 Å². The van der Waals surface area contributed by atoms with Gasteiger partial charge in [0.05, 0.1) is 4.88 Å². The third-order valence-corrected chi connectivity index (χ3v) is 4.20. The second kappa shape index (κ2) is 4.35. The lowest BCUT2D eigenvalue weighted by Crippen LogP contribution is -2.30. The smallest absolute Gasteiger partial charge is 0.160 e. The standard InChI is InChI=1S/C12H17NOS/c1-3-12-9(2)4-5-13(12)10-6-11(7-14)15-8-10/h6-9,12H,3-5H2,1-2H3. The molecular formula is C12H17NOS. The third kappa shape index (κ3) is 1.93. The Morgan fingerprint density at radius 1 is 1.67 bits per heavy atom. The summed E-state index contributed by atoms with van der Waals surface area (Å²) in [5.74, 6) is 0.773. The van der Waals surface area contributed by atoms with Gasteiger partial charge in [-0.1, -0.05) is 13.8 Å². The third-order valence-electron chi connectivity index (χ3n) is 3.35. The lowest BCUT2D eigenvalue weighted by atomic mass is 10.0. The van der Waals surface area contributed by atoms with Crippen LogP contribution < -0.4 is 4.90 Å². The van der Waals surface area contributed by atoms with Crippen molar-refractivity contribution in [1.29, 1.82) is 0 Å². The van der Waals surface area contributed by atoms with E-state index in [-0.39, 0.29) is 0 Å². The molecule has 0 spiro atoms. The molecule has 2 nitrogen and oxygen atoms in total. The molecule has 1 aliphatic rings. The van der Waals surface area contributed by atoms with Crippen molar-refractivity contribution in [2.75, 3.05) is 11.4 Å². The number of thiophene rings is 1. The number of nitrogens with zero attached hydrogens (tertiary/aromatic N) is 1. The van der Waals surface area contributed by atoms with Gasteiger partial charge in [-0.15, -0.1) is 11.3 Å². The maximum atomic E-state index is 10.6. The molecular weight excluding hydrogens is 206 g/mol. The SMILES string of the molecule is CCC1C(C)CCN1c1csc(C=O)c1. The van der Waals surface area contributed by atoms with Crippen LogP contribution in [0.1, 0.15) is 36.4 Å². The van der Waals surface area contributed by atoms with Gasteiger partial charge in [0.2, 0.25) is 0 Å². The highest BCUT2D eigenvalue weighted by Crippen LogP contribution is 2.33. The van der Waals surface area contributed by atoms with Crippen LogP contribution >= 0.6 is 11.3 Å². The van der Waals surface area contributed by atoms with Gasteiger partial charge in [0.25, 0.3) is 0 Å². The number of carbonyl (C=O) groups is 1. The highest BCUT2D eigenvalue weighted by atomic mass is 32.1. The van der Waals surface area contributed by atoms with Crippen LogP contribution in [0.3, 0.4) is 0 Å². The summed E-state index contributed by atoms with van der Waals surface area (Å²) in [6.07, 6.45) is 3.40. The van der Waals surface area contributed by atoms with E-state index in [1.165, 1.54) is 18.5 Å². The van der Waals surface area contributed by atoms with Crippen molar-refractivity contribution in [2.24, 2.45) is 5.92 Å². The van der Waals surface area contributed by atoms with Gasteiger partial charge in [0.1, 0.15) is 0 Å². The maximum absolute atomic E-state index is 10.6. The highest BCUT2D eigenvalue weighted by molar-refractivity contribution is 7.12. The van der Waals surface area contributed by atoms with E-state index in [9.17, 15) is 4.79 Å². The number of carbonyl (C=O) groups excluding carboxylic acids is 1. The van der Waals surface area contributed by atoms with Gasteiger partial charge < -0.3 is 4.90 Å². The Labute approximate surface area is 94.9 Å². The molecule has 1 aromatic rings. The molecule has 0 aliphatic carbocycles. The van der Waals surface area contributed by atoms with Crippen molar-refractivity contribution in [3.05, 3.63) is 16.3 Å². The summed E-state index contributed by atoms with van der Waals surface area (Å²) in [6, 6.07) is 2.66. The average molecular weight is 223 g/mol. The maximum Gasteiger partial charge on any atom is 0.160 e. The summed E-state index contributed by atoms with van der Waals surface area (Å²) in [7, 11) is 0. The molecule has 0 amide bonds. The van der Waals surface area contributed by atoms with Gasteiger partial charge in [-0.25, -0.2) is 0 Å². The summed E-state index contributed by atoms with van der Waals surface area (Å²) >= 11 is 1.54. The van der Waals surface area contributed by atoms with Crippen LogP contribution in [0.15, 0.2) is 11.4 Å². The van der Waals surface area contributed by atoms with Crippen LogP contribution in [0.5, 0.6) is 0 Å². The lowest BCUT2D eigenvalue weighted by molar-refractivity contribution is 0.112. The van der Waals surface area contributed by atoms with Crippen LogP contribution in [0.4, 0.5) is 5.69 Å². The van der Waals surface area contributed by atoms with Gasteiger partial charge >= 0.3 is 0 Å². The monoisotopic (exact) mass is 223 g/mol. The first kappa shape index (κ1) is 10.7. The summed E-state index contributed by atoms with van der Waals surface area (Å²) in [5.41, 5.74) is 1.23. The Hall–Kier alpha value is -0.830. The quantitative estimate of drug-likeness (QED) is 0.733. The zero-order valence-corrected chi connectivity index (χ0v) is 10.1. The van der Waals surface area contributed by atoms with Crippen molar-refractivity contribution in [3.8, 4) is 0 Å². The van der Waals surface area contributed by atoms with E-state index < -0.39 is 0 Å². The molecule has 1 aliphatic heterocycles. The molecule has 0 N–H and O–H groups in total. The normalized spacial score (nSPS) is 25.9. The van der Waals surface area contributed by atoms with Gasteiger partial charge in [0.15, 0.2) is 6.29 Å². The van der Waals surface area contributed by atoms with Crippen molar-refractivity contribution in [2.45, 2.75) is 32.7 Å². The zero-order chi connectivity index (χ0) is 10.8. The van der Waals surface area contributed by atoms with E-state index in [1.54, 1.807) is 11.3 Å². The summed E-state index contributed by atoms with van der Waals surface area (Å²) in [5, 5.41) is 2.10. The lowest BCUT2D eigenvalue weighted by Gasteiger charge is -2.26. The Balaban J connectivity index is 2.19. The summed E-state index contributed by atoms with van der Waals surface area (Å²) in [4.78, 5) is 13.9. The molecule has 3 heteroatoms. The van der Waals surface area contributed by atoms with Crippen molar-refractivity contribution >= 4 is 23.3 Å². The van der Waals surface area contributed by atoms with Crippen LogP contribution in [-0.2, 0) is 0 Å². The molecule has 0 radical (unpaired) electrons. The Morgan fingerprint density at radius 2 is 2.47 bits per heavy atom. The molecule has 15 heavy (non-hydrogen) atoms. The van der Waals surface area contributed by atoms with E-state index in [2.05, 4.69) is 24.1 Å². The molecule has 2 unspecified atom stereocenters. The molecule has 82 valence electrons. The predicted molar refractivity (Wildman–Crippen MR) is 64.9 cm³/mol. The molecule has 2 rings (SSSR count). The Morgan fingerprint density at radius 3 is 3.07 bits per heavy atom. The van der Waals surface area contributed by atoms with Crippen LogP contribution in [0.2, 0.25) is 0 Å². The molecule has 0 saturated carbocycles. The Kier molecular flexibility index (Phi) is 3.10. The van der Waals surface area contributed by atoms with E-state index in [0.717, 1.165) is 23.6 Å². The molecule has 2 heterocycles. The van der Waals surface area contributed by atoms with Crippen molar-refractivity contribution in [1.82, 2.24) is 0 Å². The fourth-order valence-corrected chi connectivity index (χ4v) is 3.21. The van der Waals surface area contributed by atoms with Crippen molar-refractivity contribution in [3.63, 3.8) is 0 Å². The number of anilines is 1. The number of hydrogen-bond acceptors (Lipinski definition) is 3. The second-order valence-electron chi connectivity index (χ2n) is 4.26. The zero-order valence-electron chi connectivity index (χ0n) is 9.27. The topological polar surface area (TPSA) is 20.3 Å². The highest BCUT2D eigenvalue weighted by Gasteiger charge is 2.30. The Bertz CT molecular complexity index is 347. The first-order valence-electron chi connectivity index (χ1n) is 5.56. The fraction of sp³-hybridized carbons (Fsp3) is 0.583.